The molecule has 4 heteroatoms. The number of thiocarbonyl (C=S) groups is 1. The predicted octanol–water partition coefficient (Wildman–Crippen LogP) is 4.06. The first-order valence-corrected chi connectivity index (χ1v) is 8.86. The lowest BCUT2D eigenvalue weighted by Crippen LogP contribution is -2.39. The van der Waals surface area contributed by atoms with Gasteiger partial charge in [0.2, 0.25) is 0 Å². The van der Waals surface area contributed by atoms with Crippen molar-refractivity contribution in [3.63, 3.8) is 0 Å². The second-order valence-electron chi connectivity index (χ2n) is 5.87. The maximum atomic E-state index is 5.97. The molecule has 0 aliphatic carbocycles. The number of piperidine rings is 1. The van der Waals surface area contributed by atoms with Crippen LogP contribution < -0.4 is 10.6 Å². The van der Waals surface area contributed by atoms with Gasteiger partial charge in [-0.15, -0.1) is 11.8 Å². The quantitative estimate of drug-likeness (QED) is 0.671. The lowest BCUT2D eigenvalue weighted by Gasteiger charge is -2.40. The second-order valence-corrected chi connectivity index (χ2v) is 7.16. The lowest BCUT2D eigenvalue weighted by atomic mass is 9.78. The molecule has 1 saturated heterocycles. The van der Waals surface area contributed by atoms with Crippen molar-refractivity contribution in [3.05, 3.63) is 23.8 Å². The van der Waals surface area contributed by atoms with Crippen molar-refractivity contribution < 1.29 is 0 Å². The number of nitrogens with two attached hydrogens (primary N) is 1. The molecule has 2 nitrogen and oxygen atoms in total. The highest BCUT2D eigenvalue weighted by Crippen LogP contribution is 2.38. The Bertz CT molecular complexity index is 491. The van der Waals surface area contributed by atoms with Crippen molar-refractivity contribution in [2.75, 3.05) is 24.2 Å². The van der Waals surface area contributed by atoms with Crippen LogP contribution in [-0.4, -0.2) is 24.3 Å². The summed E-state index contributed by atoms with van der Waals surface area (Å²) in [5.41, 5.74) is 8.73. The number of hydrogen-bond acceptors (Lipinski definition) is 3. The van der Waals surface area contributed by atoms with Gasteiger partial charge >= 0.3 is 0 Å². The average Bonchev–Trinajstić information content (AvgIpc) is 2.47. The first-order chi connectivity index (χ1) is 9.50. The highest BCUT2D eigenvalue weighted by Gasteiger charge is 2.29. The second kappa shape index (κ2) is 6.35. The van der Waals surface area contributed by atoms with Crippen molar-refractivity contribution in [2.24, 2.45) is 11.1 Å². The Morgan fingerprint density at radius 3 is 2.55 bits per heavy atom. The largest absolute Gasteiger partial charge is 0.389 e. The molecule has 1 aliphatic rings. The molecule has 2 rings (SSSR count). The molecule has 20 heavy (non-hydrogen) atoms. The number of hydrogen-bond donors (Lipinski definition) is 1. The van der Waals surface area contributed by atoms with Crippen LogP contribution in [0, 0.1) is 5.41 Å². The molecule has 1 aromatic rings. The van der Waals surface area contributed by atoms with E-state index in [1.807, 2.05) is 0 Å². The highest BCUT2D eigenvalue weighted by molar-refractivity contribution is 7.98. The van der Waals surface area contributed by atoms with E-state index in [0.717, 1.165) is 18.7 Å². The Kier molecular flexibility index (Phi) is 4.97. The third-order valence-corrected chi connectivity index (χ3v) is 5.62. The fourth-order valence-electron chi connectivity index (χ4n) is 2.84. The summed E-state index contributed by atoms with van der Waals surface area (Å²) < 4.78 is 0. The van der Waals surface area contributed by atoms with E-state index in [0.29, 0.717) is 10.4 Å². The zero-order chi connectivity index (χ0) is 14.8. The number of nitrogens with zero attached hydrogens (tertiary/aromatic N) is 1. The Morgan fingerprint density at radius 2 is 2.05 bits per heavy atom. The van der Waals surface area contributed by atoms with E-state index >= 15 is 0 Å². The molecule has 0 radical (unpaired) electrons. The topological polar surface area (TPSA) is 29.3 Å². The summed E-state index contributed by atoms with van der Waals surface area (Å²) >= 11 is 6.99. The van der Waals surface area contributed by atoms with Gasteiger partial charge in [0.1, 0.15) is 4.99 Å². The molecule has 0 saturated carbocycles. The van der Waals surface area contributed by atoms with Gasteiger partial charge in [-0.05, 0) is 36.6 Å². The Labute approximate surface area is 132 Å². The molecule has 1 fully saturated rings. The van der Waals surface area contributed by atoms with Crippen LogP contribution in [0.25, 0.3) is 0 Å². The minimum absolute atomic E-state index is 0.497. The molecule has 1 aliphatic heterocycles. The van der Waals surface area contributed by atoms with E-state index in [2.05, 4.69) is 43.2 Å². The van der Waals surface area contributed by atoms with Crippen LogP contribution in [0.2, 0.25) is 0 Å². The third-order valence-electron chi connectivity index (χ3n) is 4.64. The maximum Gasteiger partial charge on any atom is 0.107 e. The Hall–Kier alpha value is -0.740. The molecular formula is C16H24N2S2. The van der Waals surface area contributed by atoms with Crippen molar-refractivity contribution in [2.45, 2.75) is 38.0 Å². The Balaban J connectivity index is 2.28. The molecule has 0 amide bonds. The molecule has 0 bridgehead atoms. The minimum Gasteiger partial charge on any atom is -0.389 e. The van der Waals surface area contributed by atoms with Gasteiger partial charge in [-0.3, -0.25) is 0 Å². The first kappa shape index (κ1) is 15.6. The van der Waals surface area contributed by atoms with Crippen LogP contribution in [0.4, 0.5) is 5.69 Å². The van der Waals surface area contributed by atoms with E-state index in [1.165, 1.54) is 29.8 Å². The number of rotatable bonds is 4. The van der Waals surface area contributed by atoms with Gasteiger partial charge in [0.05, 0.1) is 0 Å². The molecule has 0 unspecified atom stereocenters. The number of thioether (sulfide) groups is 1. The number of anilines is 1. The highest BCUT2D eigenvalue weighted by atomic mass is 32.2. The minimum atomic E-state index is 0.497. The standard InChI is InChI=1S/C16H24N2S2/c1-4-16(2)8-10-18(11-9-16)12-6-5-7-13(20-3)14(12)15(17)19/h5-7H,4,8-11H2,1-3H3,(H2,17,19). The molecule has 1 heterocycles. The van der Waals surface area contributed by atoms with E-state index in [-0.39, 0.29) is 0 Å². The molecule has 2 N–H and O–H groups in total. The molecule has 0 atom stereocenters. The van der Waals surface area contributed by atoms with Crippen molar-refractivity contribution in [3.8, 4) is 0 Å². The summed E-state index contributed by atoms with van der Waals surface area (Å²) in [6.07, 6.45) is 5.81. The van der Waals surface area contributed by atoms with Crippen molar-refractivity contribution in [1.82, 2.24) is 0 Å². The summed E-state index contributed by atoms with van der Waals surface area (Å²) in [6, 6.07) is 6.36. The van der Waals surface area contributed by atoms with Crippen molar-refractivity contribution >= 4 is 34.7 Å². The fourth-order valence-corrected chi connectivity index (χ4v) is 3.75. The van der Waals surface area contributed by atoms with Crippen LogP contribution in [-0.2, 0) is 0 Å². The Morgan fingerprint density at radius 1 is 1.40 bits per heavy atom. The van der Waals surface area contributed by atoms with E-state index in [9.17, 15) is 0 Å². The zero-order valence-corrected chi connectivity index (χ0v) is 14.2. The third kappa shape index (κ3) is 3.12. The molecular weight excluding hydrogens is 284 g/mol. The summed E-state index contributed by atoms with van der Waals surface area (Å²) in [7, 11) is 0. The number of benzene rings is 1. The van der Waals surface area contributed by atoms with Gasteiger partial charge in [-0.1, -0.05) is 38.6 Å². The summed E-state index contributed by atoms with van der Waals surface area (Å²) in [5.74, 6) is 0. The summed E-state index contributed by atoms with van der Waals surface area (Å²) in [5, 5.41) is 0. The van der Waals surface area contributed by atoms with Crippen LogP contribution in [0.5, 0.6) is 0 Å². The van der Waals surface area contributed by atoms with Crippen LogP contribution in [0.1, 0.15) is 38.7 Å². The summed E-state index contributed by atoms with van der Waals surface area (Å²) in [6.45, 7) is 6.89. The van der Waals surface area contributed by atoms with Gasteiger partial charge < -0.3 is 10.6 Å². The normalized spacial score (nSPS) is 18.1. The van der Waals surface area contributed by atoms with E-state index < -0.39 is 0 Å². The van der Waals surface area contributed by atoms with Crippen LogP contribution in [0.15, 0.2) is 23.1 Å². The van der Waals surface area contributed by atoms with Crippen molar-refractivity contribution in [1.29, 1.82) is 0 Å². The lowest BCUT2D eigenvalue weighted by molar-refractivity contribution is 0.238. The van der Waals surface area contributed by atoms with Gasteiger partial charge in [-0.25, -0.2) is 0 Å². The smallest absolute Gasteiger partial charge is 0.107 e. The molecule has 110 valence electrons. The molecule has 1 aromatic carbocycles. The van der Waals surface area contributed by atoms with Crippen LogP contribution >= 0.6 is 24.0 Å². The van der Waals surface area contributed by atoms with E-state index in [4.69, 9.17) is 18.0 Å². The fraction of sp³-hybridized carbons (Fsp3) is 0.562. The van der Waals surface area contributed by atoms with Gasteiger partial charge in [0.25, 0.3) is 0 Å². The molecule has 0 spiro atoms. The summed E-state index contributed by atoms with van der Waals surface area (Å²) in [4.78, 5) is 4.14. The van der Waals surface area contributed by atoms with E-state index in [1.54, 1.807) is 11.8 Å². The van der Waals surface area contributed by atoms with Crippen LogP contribution in [0.3, 0.4) is 0 Å². The SMILES string of the molecule is CCC1(C)CCN(c2cccc(SC)c2C(N)=S)CC1. The zero-order valence-electron chi connectivity index (χ0n) is 12.6. The van der Waals surface area contributed by atoms with Gasteiger partial charge in [0, 0.05) is 29.2 Å². The first-order valence-electron chi connectivity index (χ1n) is 7.22. The average molecular weight is 309 g/mol. The maximum absolute atomic E-state index is 5.97. The predicted molar refractivity (Wildman–Crippen MR) is 94.0 cm³/mol. The molecule has 0 aromatic heterocycles. The van der Waals surface area contributed by atoms with Gasteiger partial charge in [0.15, 0.2) is 0 Å². The van der Waals surface area contributed by atoms with Gasteiger partial charge in [-0.2, -0.15) is 0 Å². The monoisotopic (exact) mass is 308 g/mol.